The van der Waals surface area contributed by atoms with E-state index in [4.69, 9.17) is 4.55 Å². The molecule has 0 saturated carbocycles. The van der Waals surface area contributed by atoms with E-state index in [2.05, 4.69) is 10.2 Å². The number of fused-ring (bicyclic) bond motifs is 1. The maximum Gasteiger partial charge on any atom is 0.295 e. The van der Waals surface area contributed by atoms with Gasteiger partial charge in [-0.1, -0.05) is 18.2 Å². The third-order valence-electron chi connectivity index (χ3n) is 3.64. The van der Waals surface area contributed by atoms with Gasteiger partial charge in [-0.15, -0.1) is 5.11 Å². The zero-order chi connectivity index (χ0) is 19.8. The highest BCUT2D eigenvalue weighted by atomic mass is 32.2. The van der Waals surface area contributed by atoms with Crippen molar-refractivity contribution in [2.24, 2.45) is 10.2 Å². The quantitative estimate of drug-likeness (QED) is 0.441. The molecule has 3 N–H and O–H groups in total. The van der Waals surface area contributed by atoms with Crippen molar-refractivity contribution >= 4 is 42.4 Å². The number of rotatable bonds is 4. The fourth-order valence-electron chi connectivity index (χ4n) is 2.42. The lowest BCUT2D eigenvalue weighted by Gasteiger charge is -2.08. The monoisotopic (exact) mass is 408 g/mol. The van der Waals surface area contributed by atoms with Crippen LogP contribution in [0.3, 0.4) is 0 Å². The minimum atomic E-state index is -4.58. The van der Waals surface area contributed by atoms with E-state index >= 15 is 0 Å². The second-order valence-electron chi connectivity index (χ2n) is 5.43. The SMILES string of the molecule is O=S(=O)(O)c1ccc(N=Nc2c(O)ccc3cccc(S(=O)(=O)O)c23)cc1. The molecule has 3 aromatic carbocycles. The molecule has 0 aromatic heterocycles. The van der Waals surface area contributed by atoms with Crippen LogP contribution in [0.1, 0.15) is 0 Å². The van der Waals surface area contributed by atoms with Gasteiger partial charge in [-0.05, 0) is 41.8 Å². The summed E-state index contributed by atoms with van der Waals surface area (Å²) in [5.74, 6) is -0.364. The molecule has 0 saturated heterocycles. The number of nitrogens with zero attached hydrogens (tertiary/aromatic N) is 2. The summed E-state index contributed by atoms with van der Waals surface area (Å²) >= 11 is 0. The fourth-order valence-corrected chi connectivity index (χ4v) is 3.63. The molecule has 0 spiro atoms. The first-order chi connectivity index (χ1) is 12.6. The van der Waals surface area contributed by atoms with Crippen molar-refractivity contribution in [3.63, 3.8) is 0 Å². The first kappa shape index (κ1) is 18.9. The van der Waals surface area contributed by atoms with E-state index in [1.54, 1.807) is 6.07 Å². The molecule has 3 aromatic rings. The highest BCUT2D eigenvalue weighted by molar-refractivity contribution is 7.86. The van der Waals surface area contributed by atoms with Gasteiger partial charge in [0.15, 0.2) is 0 Å². The lowest BCUT2D eigenvalue weighted by molar-refractivity contribution is 0.476. The molecular weight excluding hydrogens is 396 g/mol. The number of hydrogen-bond acceptors (Lipinski definition) is 7. The van der Waals surface area contributed by atoms with Gasteiger partial charge < -0.3 is 5.11 Å². The summed E-state index contributed by atoms with van der Waals surface area (Å²) in [4.78, 5) is -0.769. The van der Waals surface area contributed by atoms with E-state index in [-0.39, 0.29) is 27.4 Å². The average molecular weight is 408 g/mol. The van der Waals surface area contributed by atoms with Gasteiger partial charge in [0.2, 0.25) is 0 Å². The van der Waals surface area contributed by atoms with Crippen LogP contribution in [0.4, 0.5) is 11.4 Å². The van der Waals surface area contributed by atoms with Gasteiger partial charge in [0.25, 0.3) is 20.2 Å². The maximum absolute atomic E-state index is 11.6. The summed E-state index contributed by atoms with van der Waals surface area (Å²) in [6.07, 6.45) is 0. The Morgan fingerprint density at radius 1 is 0.741 bits per heavy atom. The van der Waals surface area contributed by atoms with Crippen molar-refractivity contribution in [2.75, 3.05) is 0 Å². The minimum Gasteiger partial charge on any atom is -0.506 e. The van der Waals surface area contributed by atoms with Crippen LogP contribution in [-0.4, -0.2) is 31.0 Å². The van der Waals surface area contributed by atoms with Crippen LogP contribution in [0.25, 0.3) is 10.8 Å². The zero-order valence-corrected chi connectivity index (χ0v) is 15.0. The van der Waals surface area contributed by atoms with Gasteiger partial charge in [-0.25, -0.2) is 0 Å². The first-order valence-electron chi connectivity index (χ1n) is 7.29. The van der Waals surface area contributed by atoms with E-state index in [9.17, 15) is 26.5 Å². The molecule has 9 nitrogen and oxygen atoms in total. The Balaban J connectivity index is 2.14. The molecule has 11 heteroatoms. The minimum absolute atomic E-state index is 0.0155. The third-order valence-corrected chi connectivity index (χ3v) is 5.40. The Bertz CT molecular complexity index is 1270. The van der Waals surface area contributed by atoms with Gasteiger partial charge in [-0.2, -0.15) is 21.9 Å². The molecule has 0 heterocycles. The highest BCUT2D eigenvalue weighted by Crippen LogP contribution is 2.39. The largest absolute Gasteiger partial charge is 0.506 e. The van der Waals surface area contributed by atoms with Crippen LogP contribution in [0.5, 0.6) is 5.75 Å². The topological polar surface area (TPSA) is 154 Å². The van der Waals surface area contributed by atoms with Crippen molar-refractivity contribution in [1.82, 2.24) is 0 Å². The third kappa shape index (κ3) is 3.95. The Labute approximate surface area is 154 Å². The number of phenolic OH excluding ortho intramolecular Hbond substituents is 1. The van der Waals surface area contributed by atoms with Gasteiger partial charge in [0.05, 0.1) is 10.6 Å². The maximum atomic E-state index is 11.6. The zero-order valence-electron chi connectivity index (χ0n) is 13.4. The van der Waals surface area contributed by atoms with Crippen molar-refractivity contribution in [3.8, 4) is 5.75 Å². The summed E-state index contributed by atoms with van der Waals surface area (Å²) in [5.41, 5.74) is 0.00252. The molecule has 0 amide bonds. The molecule has 0 atom stereocenters. The molecule has 0 aliphatic carbocycles. The predicted octanol–water partition coefficient (Wildman–Crippen LogP) is 3.45. The van der Waals surface area contributed by atoms with E-state index in [1.165, 1.54) is 30.3 Å². The van der Waals surface area contributed by atoms with Crippen molar-refractivity contribution < 1.29 is 31.0 Å². The summed E-state index contributed by atoms with van der Waals surface area (Å²) in [7, 11) is -8.93. The summed E-state index contributed by atoms with van der Waals surface area (Å²) in [6, 6.07) is 11.7. The normalized spacial score (nSPS) is 12.7. The predicted molar refractivity (Wildman–Crippen MR) is 95.9 cm³/mol. The average Bonchev–Trinajstić information content (AvgIpc) is 2.59. The van der Waals surface area contributed by atoms with E-state index in [0.717, 1.165) is 18.2 Å². The first-order valence-corrected chi connectivity index (χ1v) is 10.2. The molecule has 0 radical (unpaired) electrons. The van der Waals surface area contributed by atoms with E-state index in [0.29, 0.717) is 5.39 Å². The second-order valence-corrected chi connectivity index (χ2v) is 8.24. The number of benzene rings is 3. The van der Waals surface area contributed by atoms with Crippen molar-refractivity contribution in [1.29, 1.82) is 0 Å². The highest BCUT2D eigenvalue weighted by Gasteiger charge is 2.19. The molecule has 0 aliphatic heterocycles. The Morgan fingerprint density at radius 3 is 2.00 bits per heavy atom. The molecule has 0 aliphatic rings. The number of aromatic hydroxyl groups is 1. The number of azo groups is 1. The molecular formula is C16H12N2O7S2. The van der Waals surface area contributed by atoms with Gasteiger partial charge in [-0.3, -0.25) is 9.11 Å². The smallest absolute Gasteiger partial charge is 0.295 e. The van der Waals surface area contributed by atoms with Crippen LogP contribution in [0.15, 0.2) is 74.6 Å². The van der Waals surface area contributed by atoms with Crippen molar-refractivity contribution in [2.45, 2.75) is 9.79 Å². The molecule has 140 valence electrons. The standard InChI is InChI=1S/C16H12N2O7S2/c19-13-9-4-10-2-1-3-14(27(23,24)25)15(10)16(13)18-17-11-5-7-12(8-6-11)26(20,21)22/h1-9,19H,(H,20,21,22)(H,23,24,25). The number of hydrogen-bond donors (Lipinski definition) is 3. The van der Waals surface area contributed by atoms with E-state index < -0.39 is 25.1 Å². The fraction of sp³-hybridized carbons (Fsp3) is 0. The molecule has 0 fully saturated rings. The summed E-state index contributed by atoms with van der Waals surface area (Å²) < 4.78 is 63.7. The van der Waals surface area contributed by atoms with Crippen LogP contribution in [-0.2, 0) is 20.2 Å². The Hall–Kier alpha value is -2.86. The number of phenols is 1. The molecule has 0 unspecified atom stereocenters. The van der Waals surface area contributed by atoms with Crippen LogP contribution in [0.2, 0.25) is 0 Å². The molecule has 27 heavy (non-hydrogen) atoms. The van der Waals surface area contributed by atoms with Crippen LogP contribution in [0, 0.1) is 0 Å². The summed E-state index contributed by atoms with van der Waals surface area (Å²) in [6.45, 7) is 0. The summed E-state index contributed by atoms with van der Waals surface area (Å²) in [5, 5.41) is 18.2. The van der Waals surface area contributed by atoms with E-state index in [1.807, 2.05) is 0 Å². The van der Waals surface area contributed by atoms with Gasteiger partial charge in [0.1, 0.15) is 16.3 Å². The second kappa shape index (κ2) is 6.70. The Morgan fingerprint density at radius 2 is 1.41 bits per heavy atom. The van der Waals surface area contributed by atoms with Crippen LogP contribution < -0.4 is 0 Å². The van der Waals surface area contributed by atoms with Gasteiger partial charge >= 0.3 is 0 Å². The molecule has 0 bridgehead atoms. The Kier molecular flexibility index (Phi) is 4.70. The van der Waals surface area contributed by atoms with Gasteiger partial charge in [0, 0.05) is 5.39 Å². The lowest BCUT2D eigenvalue weighted by Crippen LogP contribution is -1.99. The lowest BCUT2D eigenvalue weighted by atomic mass is 10.1. The van der Waals surface area contributed by atoms with Crippen molar-refractivity contribution in [3.05, 3.63) is 54.6 Å². The van der Waals surface area contributed by atoms with Crippen LogP contribution >= 0.6 is 0 Å². The molecule has 3 rings (SSSR count).